The first-order chi connectivity index (χ1) is 29.7. The van der Waals surface area contributed by atoms with Gasteiger partial charge in [0.2, 0.25) is 17.7 Å². The van der Waals surface area contributed by atoms with Crippen molar-refractivity contribution in [2.24, 2.45) is 46.4 Å². The summed E-state index contributed by atoms with van der Waals surface area (Å²) in [5.41, 5.74) is 0. The molecule has 0 saturated heterocycles. The summed E-state index contributed by atoms with van der Waals surface area (Å²) in [6, 6.07) is 2.12. The standard InChI is InChI=1S/C9H17NO2.C9H21N.C8H17NO.C8H19N.C7H15N.C7H14OS.C7H16S/c1-6(2)9(12)10(7(3)4)8(5)11;1-6-10(9(4)5)7-8(2)3;1-6(2)8(10)9(5)7(3)4;1-7(2)6-9(5)8(3)4;1-6(2)5-8-7(3)4;1-5(2)7(8)9-6(3)4;1-6(2)5-8-7(3)4/h6-7H,1-5H3;8-9H,6-7H2,1-5H3;6-7H,1-5H3;7-8H,6H2,1-5H3;5-7H,1-4H3;5-6H,1-4H3;6-7H,5H2,1-4H3. The van der Waals surface area contributed by atoms with Crippen molar-refractivity contribution in [1.29, 1.82) is 0 Å². The van der Waals surface area contributed by atoms with E-state index in [2.05, 4.69) is 140 Å². The molecular weight excluding hydrogens is 859 g/mol. The highest BCUT2D eigenvalue weighted by Crippen LogP contribution is 2.15. The molecule has 66 heavy (non-hydrogen) atoms. The molecule has 0 bridgehead atoms. The molecule has 11 heteroatoms. The third-order valence-corrected chi connectivity index (χ3v) is 11.4. The van der Waals surface area contributed by atoms with Crippen molar-refractivity contribution in [3.05, 3.63) is 0 Å². The largest absolute Gasteiger partial charge is 0.343 e. The van der Waals surface area contributed by atoms with Gasteiger partial charge in [0.05, 0.1) is 0 Å². The van der Waals surface area contributed by atoms with Crippen molar-refractivity contribution >= 4 is 52.6 Å². The summed E-state index contributed by atoms with van der Waals surface area (Å²) in [7, 11) is 4.01. The number of rotatable bonds is 18. The Morgan fingerprint density at radius 2 is 0.939 bits per heavy atom. The molecule has 400 valence electrons. The van der Waals surface area contributed by atoms with Crippen LogP contribution in [0, 0.1) is 41.4 Å². The van der Waals surface area contributed by atoms with Gasteiger partial charge in [0.15, 0.2) is 5.12 Å². The minimum atomic E-state index is -0.177. The van der Waals surface area contributed by atoms with Gasteiger partial charge >= 0.3 is 0 Å². The van der Waals surface area contributed by atoms with Crippen molar-refractivity contribution in [2.45, 2.75) is 248 Å². The van der Waals surface area contributed by atoms with E-state index in [0.717, 1.165) is 23.0 Å². The van der Waals surface area contributed by atoms with Gasteiger partial charge in [-0.3, -0.25) is 29.1 Å². The van der Waals surface area contributed by atoms with Crippen LogP contribution in [0.5, 0.6) is 0 Å². The van der Waals surface area contributed by atoms with Gasteiger partial charge < -0.3 is 14.7 Å². The van der Waals surface area contributed by atoms with Gasteiger partial charge in [0, 0.05) is 86.5 Å². The maximum atomic E-state index is 11.4. The Bertz CT molecular complexity index is 1150. The van der Waals surface area contributed by atoms with Crippen LogP contribution in [0.15, 0.2) is 4.99 Å². The summed E-state index contributed by atoms with van der Waals surface area (Å²) in [5, 5.41) is 1.53. The van der Waals surface area contributed by atoms with Crippen molar-refractivity contribution in [1.82, 2.24) is 19.6 Å². The molecular formula is C55H119N5O4S2. The lowest BCUT2D eigenvalue weighted by atomic mass is 10.1. The van der Waals surface area contributed by atoms with E-state index < -0.39 is 0 Å². The smallest absolute Gasteiger partial charge is 0.231 e. The molecule has 0 aliphatic heterocycles. The number of hydrogen-bond donors (Lipinski definition) is 0. The molecule has 0 N–H and O–H groups in total. The van der Waals surface area contributed by atoms with Crippen LogP contribution in [0.1, 0.15) is 208 Å². The average molecular weight is 979 g/mol. The minimum Gasteiger partial charge on any atom is -0.343 e. The lowest BCUT2D eigenvalue weighted by molar-refractivity contribution is -0.147. The van der Waals surface area contributed by atoms with E-state index in [1.54, 1.807) is 18.7 Å². The molecule has 0 fully saturated rings. The second kappa shape index (κ2) is 47.3. The van der Waals surface area contributed by atoms with E-state index in [1.807, 2.05) is 94.3 Å². The number of carbonyl (C=O) groups is 4. The average Bonchev–Trinajstić information content (AvgIpc) is 3.15. The van der Waals surface area contributed by atoms with Gasteiger partial charge in [-0.2, -0.15) is 11.8 Å². The molecule has 0 aliphatic carbocycles. The van der Waals surface area contributed by atoms with Crippen LogP contribution in [-0.2, 0) is 19.2 Å². The van der Waals surface area contributed by atoms with Crippen molar-refractivity contribution in [3.8, 4) is 0 Å². The normalized spacial score (nSPS) is 11.3. The molecule has 9 nitrogen and oxygen atoms in total. The second-order valence-corrected chi connectivity index (χ2v) is 24.9. The number of imide groups is 1. The lowest BCUT2D eigenvalue weighted by Gasteiger charge is -2.26. The molecule has 0 aromatic carbocycles. The second-order valence-electron chi connectivity index (χ2n) is 21.7. The van der Waals surface area contributed by atoms with Crippen LogP contribution < -0.4 is 0 Å². The number of amides is 3. The van der Waals surface area contributed by atoms with Crippen LogP contribution in [0.3, 0.4) is 0 Å². The molecule has 0 saturated carbocycles. The number of aliphatic imine (C=N–C) groups is 1. The first-order valence-electron chi connectivity index (χ1n) is 25.6. The third kappa shape index (κ3) is 60.6. The van der Waals surface area contributed by atoms with E-state index in [1.165, 1.54) is 49.0 Å². The van der Waals surface area contributed by atoms with Gasteiger partial charge in [-0.15, -0.1) is 0 Å². The van der Waals surface area contributed by atoms with Crippen LogP contribution in [-0.4, -0.2) is 129 Å². The zero-order valence-electron chi connectivity index (χ0n) is 50.2. The fourth-order valence-corrected chi connectivity index (χ4v) is 6.28. The quantitative estimate of drug-likeness (QED) is 0.125. The Morgan fingerprint density at radius 1 is 0.515 bits per heavy atom. The summed E-state index contributed by atoms with van der Waals surface area (Å²) < 4.78 is 0. The Kier molecular flexibility index (Phi) is 56.4. The number of thioether (sulfide) groups is 2. The molecule has 0 atom stereocenters. The lowest BCUT2D eigenvalue weighted by Crippen LogP contribution is -2.42. The Labute approximate surface area is 423 Å². The van der Waals surface area contributed by atoms with Gasteiger partial charge in [0.25, 0.3) is 0 Å². The van der Waals surface area contributed by atoms with E-state index >= 15 is 0 Å². The molecule has 0 aliphatic rings. The molecule has 0 radical (unpaired) electrons. The van der Waals surface area contributed by atoms with Gasteiger partial charge in [-0.25, -0.2) is 0 Å². The van der Waals surface area contributed by atoms with Crippen LogP contribution in [0.4, 0.5) is 0 Å². The highest BCUT2D eigenvalue weighted by molar-refractivity contribution is 8.14. The predicted molar refractivity (Wildman–Crippen MR) is 304 cm³/mol. The van der Waals surface area contributed by atoms with Gasteiger partial charge in [-0.1, -0.05) is 143 Å². The van der Waals surface area contributed by atoms with Gasteiger partial charge in [0.1, 0.15) is 0 Å². The maximum Gasteiger partial charge on any atom is 0.231 e. The fraction of sp³-hybridized carbons (Fsp3) is 0.909. The van der Waals surface area contributed by atoms with Crippen molar-refractivity contribution in [3.63, 3.8) is 0 Å². The molecule has 0 aromatic rings. The van der Waals surface area contributed by atoms with E-state index in [4.69, 9.17) is 0 Å². The first kappa shape index (κ1) is 78.7. The highest BCUT2D eigenvalue weighted by Gasteiger charge is 2.23. The number of hydrogen-bond acceptors (Lipinski definition) is 9. The van der Waals surface area contributed by atoms with Crippen LogP contribution in [0.25, 0.3) is 0 Å². The zero-order valence-corrected chi connectivity index (χ0v) is 51.8. The van der Waals surface area contributed by atoms with Gasteiger partial charge in [-0.05, 0) is 118 Å². The van der Waals surface area contributed by atoms with Crippen LogP contribution in [0.2, 0.25) is 0 Å². The summed E-state index contributed by atoms with van der Waals surface area (Å²) in [5.74, 6) is 4.45. The zero-order chi connectivity index (χ0) is 54.4. The molecule has 0 unspecified atom stereocenters. The Balaban J connectivity index is -0.000000124. The predicted octanol–water partition coefficient (Wildman–Crippen LogP) is 14.5. The van der Waals surface area contributed by atoms with E-state index in [-0.39, 0.29) is 41.5 Å². The SMILES string of the molecule is CC(=O)N(C(=O)C(C)C)C(C)C.CC(C)C(=O)N(C)C(C)C.CC(C)C=NC(C)C.CC(C)CN(C)C(C)C.CC(C)CSC(C)C.CC(C)SC(=O)C(C)C.CCN(CC(C)C)C(C)C. The van der Waals surface area contributed by atoms with Crippen molar-refractivity contribution in [2.75, 3.05) is 39.5 Å². The number of nitrogens with zero attached hydrogens (tertiary/aromatic N) is 5. The highest BCUT2D eigenvalue weighted by atomic mass is 32.2. The number of carbonyl (C=O) groups excluding carboxylic acids is 4. The molecule has 0 aromatic heterocycles. The molecule has 0 spiro atoms. The summed E-state index contributed by atoms with van der Waals surface area (Å²) in [6.07, 6.45) is 1.99. The molecule has 3 amide bonds. The molecule has 0 heterocycles. The van der Waals surface area contributed by atoms with Crippen molar-refractivity contribution < 1.29 is 19.2 Å². The molecule has 0 rings (SSSR count). The van der Waals surface area contributed by atoms with E-state index in [0.29, 0.717) is 40.5 Å². The summed E-state index contributed by atoms with van der Waals surface area (Å²) >= 11 is 3.46. The Morgan fingerprint density at radius 3 is 1.05 bits per heavy atom. The fourth-order valence-electron chi connectivity index (χ4n) is 4.77. The first-order valence-corrected chi connectivity index (χ1v) is 27.6. The Hall–Kier alpha value is -1.43. The van der Waals surface area contributed by atoms with E-state index in [9.17, 15) is 19.2 Å². The third-order valence-electron chi connectivity index (χ3n) is 8.74. The summed E-state index contributed by atoms with van der Waals surface area (Å²) in [6.45, 7) is 65.7. The monoisotopic (exact) mass is 978 g/mol. The minimum absolute atomic E-state index is 0.0441. The topological polar surface area (TPSA) is 93.6 Å². The maximum absolute atomic E-state index is 11.4. The van der Waals surface area contributed by atoms with Crippen LogP contribution >= 0.6 is 23.5 Å². The summed E-state index contributed by atoms with van der Waals surface area (Å²) in [4.78, 5) is 56.7.